The quantitative estimate of drug-likeness (QED) is 0.500. The zero-order valence-electron chi connectivity index (χ0n) is 20.1. The van der Waals surface area contributed by atoms with Crippen LogP contribution >= 0.6 is 0 Å². The normalized spacial score (nSPS) is 13.4. The first kappa shape index (κ1) is 24.1. The number of fused-ring (bicyclic) bond motifs is 1. The van der Waals surface area contributed by atoms with Gasteiger partial charge >= 0.3 is 0 Å². The lowest BCUT2D eigenvalue weighted by atomic mass is 9.97. The van der Waals surface area contributed by atoms with Gasteiger partial charge < -0.3 is 10.1 Å². The number of tetrazole rings is 1. The number of nitrogens with one attached hydrogen (secondary N) is 1. The standard InChI is InChI=1S/C24H36N6O2/c1-7-24(5,6)30-22(26-27-28-30)21(16(2)3)29(11-8-12-31)15-19-14-18-13-17(4)9-10-20(18)25-23(19)32/h9-10,13-14,16,21,31H,7-8,11-12,15H2,1-6H3,(H,25,32)/t21-/m1/s1. The van der Waals surface area contributed by atoms with Gasteiger partial charge in [-0.1, -0.05) is 32.4 Å². The summed E-state index contributed by atoms with van der Waals surface area (Å²) in [6.07, 6.45) is 1.49. The number of aliphatic hydroxyl groups excluding tert-OH is 1. The number of nitrogens with zero attached hydrogens (tertiary/aromatic N) is 5. The molecule has 1 aromatic carbocycles. The van der Waals surface area contributed by atoms with Crippen molar-refractivity contribution in [3.05, 3.63) is 51.6 Å². The van der Waals surface area contributed by atoms with Crippen LogP contribution in [0.15, 0.2) is 29.1 Å². The van der Waals surface area contributed by atoms with Gasteiger partial charge in [0.1, 0.15) is 0 Å². The first-order valence-electron chi connectivity index (χ1n) is 11.4. The topological polar surface area (TPSA) is 99.9 Å². The third-order valence-electron chi connectivity index (χ3n) is 6.28. The number of aromatic nitrogens is 5. The molecule has 3 aromatic rings. The molecule has 0 radical (unpaired) electrons. The summed E-state index contributed by atoms with van der Waals surface area (Å²) in [5, 5.41) is 23.3. The van der Waals surface area contributed by atoms with E-state index in [1.54, 1.807) is 0 Å². The summed E-state index contributed by atoms with van der Waals surface area (Å²) in [6, 6.07) is 7.89. The molecule has 0 aliphatic carbocycles. The summed E-state index contributed by atoms with van der Waals surface area (Å²) in [6.45, 7) is 13.9. The van der Waals surface area contributed by atoms with Crippen LogP contribution in [0.5, 0.6) is 0 Å². The molecule has 0 amide bonds. The van der Waals surface area contributed by atoms with E-state index in [1.165, 1.54) is 0 Å². The molecule has 8 heteroatoms. The van der Waals surface area contributed by atoms with Crippen molar-refractivity contribution in [1.29, 1.82) is 0 Å². The van der Waals surface area contributed by atoms with E-state index in [2.05, 4.69) is 66.1 Å². The van der Waals surface area contributed by atoms with E-state index < -0.39 is 0 Å². The Hall–Kier alpha value is -2.58. The molecule has 1 atom stereocenters. The minimum absolute atomic E-state index is 0.0833. The number of pyridine rings is 1. The summed E-state index contributed by atoms with van der Waals surface area (Å²) >= 11 is 0. The highest BCUT2D eigenvalue weighted by atomic mass is 16.3. The number of hydrogen-bond donors (Lipinski definition) is 2. The Bertz CT molecular complexity index is 1100. The molecule has 2 aromatic heterocycles. The molecule has 0 spiro atoms. The van der Waals surface area contributed by atoms with Crippen LogP contribution in [-0.4, -0.2) is 48.3 Å². The fourth-order valence-corrected chi connectivity index (χ4v) is 4.14. The molecular weight excluding hydrogens is 404 g/mol. The second kappa shape index (κ2) is 9.92. The van der Waals surface area contributed by atoms with Gasteiger partial charge in [-0.05, 0) is 73.5 Å². The molecule has 0 bridgehead atoms. The van der Waals surface area contributed by atoms with Crippen LogP contribution in [0.25, 0.3) is 10.9 Å². The van der Waals surface area contributed by atoms with Crippen LogP contribution in [-0.2, 0) is 12.1 Å². The highest BCUT2D eigenvalue weighted by Crippen LogP contribution is 2.32. The lowest BCUT2D eigenvalue weighted by Crippen LogP contribution is -2.39. The number of benzene rings is 1. The number of aromatic amines is 1. The van der Waals surface area contributed by atoms with Gasteiger partial charge in [0, 0.05) is 30.8 Å². The summed E-state index contributed by atoms with van der Waals surface area (Å²) < 4.78 is 1.91. The molecule has 0 saturated carbocycles. The van der Waals surface area contributed by atoms with Gasteiger partial charge in [-0.3, -0.25) is 9.69 Å². The zero-order valence-corrected chi connectivity index (χ0v) is 20.1. The Morgan fingerprint density at radius 2 is 2.00 bits per heavy atom. The lowest BCUT2D eigenvalue weighted by molar-refractivity contribution is 0.115. The summed E-state index contributed by atoms with van der Waals surface area (Å²) in [5.74, 6) is 0.991. The first-order chi connectivity index (χ1) is 15.2. The fraction of sp³-hybridized carbons (Fsp3) is 0.583. The second-order valence-corrected chi connectivity index (χ2v) is 9.57. The smallest absolute Gasteiger partial charge is 0.252 e. The van der Waals surface area contributed by atoms with Gasteiger partial charge in [0.05, 0.1) is 11.6 Å². The SMILES string of the molecule is CCC(C)(C)n1nnnc1[C@@H](C(C)C)N(CCCO)Cc1cc2cc(C)ccc2[nH]c1=O. The molecule has 8 nitrogen and oxygen atoms in total. The molecule has 2 N–H and O–H groups in total. The summed E-state index contributed by atoms with van der Waals surface area (Å²) in [7, 11) is 0. The van der Waals surface area contributed by atoms with Crippen LogP contribution in [0.2, 0.25) is 0 Å². The van der Waals surface area contributed by atoms with Crippen molar-refractivity contribution >= 4 is 10.9 Å². The highest BCUT2D eigenvalue weighted by Gasteiger charge is 2.33. The largest absolute Gasteiger partial charge is 0.396 e. The average molecular weight is 441 g/mol. The van der Waals surface area contributed by atoms with Crippen LogP contribution in [0.3, 0.4) is 0 Å². The van der Waals surface area contributed by atoms with E-state index in [-0.39, 0.29) is 29.7 Å². The van der Waals surface area contributed by atoms with Crippen LogP contribution < -0.4 is 5.56 Å². The third-order valence-corrected chi connectivity index (χ3v) is 6.28. The summed E-state index contributed by atoms with van der Waals surface area (Å²) in [5.41, 5.74) is 2.35. The highest BCUT2D eigenvalue weighted by molar-refractivity contribution is 5.79. The van der Waals surface area contributed by atoms with Gasteiger partial charge in [-0.15, -0.1) is 5.10 Å². The first-order valence-corrected chi connectivity index (χ1v) is 11.4. The molecule has 0 fully saturated rings. The monoisotopic (exact) mass is 440 g/mol. The third kappa shape index (κ3) is 5.07. The van der Waals surface area contributed by atoms with Crippen molar-refractivity contribution in [2.24, 2.45) is 5.92 Å². The van der Waals surface area contributed by atoms with E-state index in [0.29, 0.717) is 25.1 Å². The number of aryl methyl sites for hydroxylation is 1. The van der Waals surface area contributed by atoms with Crippen LogP contribution in [0.4, 0.5) is 0 Å². The van der Waals surface area contributed by atoms with Gasteiger partial charge in [0.25, 0.3) is 5.56 Å². The van der Waals surface area contributed by atoms with E-state index in [9.17, 15) is 9.90 Å². The molecule has 32 heavy (non-hydrogen) atoms. The fourth-order valence-electron chi connectivity index (χ4n) is 4.14. The Kier molecular flexibility index (Phi) is 7.46. The van der Waals surface area contributed by atoms with E-state index >= 15 is 0 Å². The maximum Gasteiger partial charge on any atom is 0.252 e. The van der Waals surface area contributed by atoms with Gasteiger partial charge in [-0.2, -0.15) is 0 Å². The molecule has 0 unspecified atom stereocenters. The Balaban J connectivity index is 2.05. The van der Waals surface area contributed by atoms with Crippen molar-refractivity contribution in [3.63, 3.8) is 0 Å². The van der Waals surface area contributed by atoms with Crippen molar-refractivity contribution in [1.82, 2.24) is 30.1 Å². The minimum Gasteiger partial charge on any atom is -0.396 e. The van der Waals surface area contributed by atoms with E-state index in [1.807, 2.05) is 29.8 Å². The summed E-state index contributed by atoms with van der Waals surface area (Å²) in [4.78, 5) is 18.1. The van der Waals surface area contributed by atoms with Crippen LogP contribution in [0, 0.1) is 12.8 Å². The number of hydrogen-bond acceptors (Lipinski definition) is 6. The van der Waals surface area contributed by atoms with E-state index in [0.717, 1.165) is 28.7 Å². The van der Waals surface area contributed by atoms with Gasteiger partial charge in [0.15, 0.2) is 5.82 Å². The van der Waals surface area contributed by atoms with Crippen LogP contribution in [0.1, 0.15) is 70.5 Å². The number of H-pyrrole nitrogens is 1. The lowest BCUT2D eigenvalue weighted by Gasteiger charge is -2.35. The Labute approximate surface area is 189 Å². The number of aliphatic hydroxyl groups is 1. The molecule has 0 saturated heterocycles. The second-order valence-electron chi connectivity index (χ2n) is 9.57. The van der Waals surface area contributed by atoms with Crippen molar-refractivity contribution in [3.8, 4) is 0 Å². The Morgan fingerprint density at radius 1 is 1.25 bits per heavy atom. The van der Waals surface area contributed by atoms with Crippen molar-refractivity contribution in [2.45, 2.75) is 72.5 Å². The molecule has 174 valence electrons. The molecule has 0 aliphatic rings. The maximum atomic E-state index is 12.9. The molecule has 3 rings (SSSR count). The van der Waals surface area contributed by atoms with Crippen molar-refractivity contribution in [2.75, 3.05) is 13.2 Å². The maximum absolute atomic E-state index is 12.9. The van der Waals surface area contributed by atoms with Gasteiger partial charge in [0.2, 0.25) is 0 Å². The molecule has 2 heterocycles. The minimum atomic E-state index is -0.230. The van der Waals surface area contributed by atoms with Gasteiger partial charge in [-0.25, -0.2) is 4.68 Å². The molecular formula is C24H36N6O2. The van der Waals surface area contributed by atoms with E-state index in [4.69, 9.17) is 0 Å². The average Bonchev–Trinajstić information content (AvgIpc) is 3.22. The predicted octanol–water partition coefficient (Wildman–Crippen LogP) is 3.55. The predicted molar refractivity (Wildman–Crippen MR) is 126 cm³/mol. The molecule has 0 aliphatic heterocycles. The van der Waals surface area contributed by atoms with Crippen molar-refractivity contribution < 1.29 is 5.11 Å². The number of rotatable bonds is 10. The zero-order chi connectivity index (χ0) is 23.5. The Morgan fingerprint density at radius 3 is 2.66 bits per heavy atom.